The fourth-order valence-corrected chi connectivity index (χ4v) is 10.0. The summed E-state index contributed by atoms with van der Waals surface area (Å²) in [6.07, 6.45) is 3.71. The van der Waals surface area contributed by atoms with Crippen LogP contribution in [-0.2, 0) is 5.41 Å². The second-order valence-electron chi connectivity index (χ2n) is 16.3. The van der Waals surface area contributed by atoms with E-state index in [1.54, 1.807) is 6.20 Å². The fraction of sp³-hybridized carbons (Fsp3) is 0.0167. The van der Waals surface area contributed by atoms with Gasteiger partial charge in [0.2, 0.25) is 0 Å². The SMILES string of the molecule is c1ccc(-c2cc(-c3cccc(-c4cccnc4)c3)nc(-c3ccc(-c4ccc5c(c4)-c4c(ccc6ccccc46)C5(c4ccccc4)c4ccccc4)c4ccccc34)n2)cc1. The van der Waals surface area contributed by atoms with Gasteiger partial charge in [-0.1, -0.05) is 194 Å². The van der Waals surface area contributed by atoms with Crippen molar-refractivity contribution in [2.45, 2.75) is 5.41 Å². The molecule has 0 unspecified atom stereocenters. The molecule has 0 amide bonds. The number of rotatable bonds is 7. The van der Waals surface area contributed by atoms with Gasteiger partial charge in [-0.05, 0) is 102 Å². The molecule has 2 aromatic heterocycles. The highest BCUT2D eigenvalue weighted by Crippen LogP contribution is 2.58. The van der Waals surface area contributed by atoms with Gasteiger partial charge >= 0.3 is 0 Å². The lowest BCUT2D eigenvalue weighted by atomic mass is 9.67. The first-order valence-electron chi connectivity index (χ1n) is 21.5. The van der Waals surface area contributed by atoms with Gasteiger partial charge < -0.3 is 0 Å². The average molecular weight is 802 g/mol. The zero-order valence-corrected chi connectivity index (χ0v) is 34.4. The van der Waals surface area contributed by atoms with Crippen molar-refractivity contribution in [2.24, 2.45) is 0 Å². The molecule has 1 aliphatic rings. The summed E-state index contributed by atoms with van der Waals surface area (Å²) in [6, 6.07) is 81.0. The minimum atomic E-state index is -0.488. The standard InChI is InChI=1S/C60H39N3/c1-4-17-41(18-5-1)56-38-57(44-20-14-19-42(36-44)45-21-15-35-61-39-45)63-59(62-56)52-32-31-48(50-27-12-13-28-51(50)52)43-30-33-54-53(37-43)58-49-26-11-10-16-40(49)29-34-55(58)60(54,46-22-6-2-7-23-46)47-24-8-3-9-25-47/h1-39H. The molecule has 11 aromatic rings. The Kier molecular flexibility index (Phi) is 8.72. The molecular weight excluding hydrogens is 763 g/mol. The summed E-state index contributed by atoms with van der Waals surface area (Å²) in [5.41, 5.74) is 16.5. The van der Waals surface area contributed by atoms with Crippen LogP contribution in [-0.4, -0.2) is 15.0 Å². The third kappa shape index (κ3) is 6.01. The van der Waals surface area contributed by atoms with E-state index in [9.17, 15) is 0 Å². The van der Waals surface area contributed by atoms with Gasteiger partial charge in [-0.15, -0.1) is 0 Å². The Morgan fingerprint density at radius 3 is 1.65 bits per heavy atom. The van der Waals surface area contributed by atoms with Gasteiger partial charge in [0.25, 0.3) is 0 Å². The molecule has 0 bridgehead atoms. The van der Waals surface area contributed by atoms with Crippen molar-refractivity contribution in [1.82, 2.24) is 15.0 Å². The van der Waals surface area contributed by atoms with E-state index in [0.29, 0.717) is 5.82 Å². The third-order valence-electron chi connectivity index (χ3n) is 12.9. The molecule has 1 aliphatic carbocycles. The van der Waals surface area contributed by atoms with E-state index >= 15 is 0 Å². The van der Waals surface area contributed by atoms with Gasteiger partial charge in [-0.2, -0.15) is 0 Å². The summed E-state index contributed by atoms with van der Waals surface area (Å²) in [6.45, 7) is 0. The van der Waals surface area contributed by atoms with E-state index < -0.39 is 5.41 Å². The molecule has 12 rings (SSSR count). The Morgan fingerprint density at radius 1 is 0.333 bits per heavy atom. The Hall–Kier alpha value is -8.27. The third-order valence-corrected chi connectivity index (χ3v) is 12.9. The predicted octanol–water partition coefficient (Wildman–Crippen LogP) is 14.9. The largest absolute Gasteiger partial charge is 0.264 e. The highest BCUT2D eigenvalue weighted by atomic mass is 14.9. The van der Waals surface area contributed by atoms with Crippen LogP contribution in [0.1, 0.15) is 22.3 Å². The maximum absolute atomic E-state index is 5.33. The lowest BCUT2D eigenvalue weighted by Gasteiger charge is -2.34. The Labute approximate surface area is 366 Å². The van der Waals surface area contributed by atoms with Crippen molar-refractivity contribution in [1.29, 1.82) is 0 Å². The highest BCUT2D eigenvalue weighted by molar-refractivity contribution is 6.08. The smallest absolute Gasteiger partial charge is 0.161 e. The van der Waals surface area contributed by atoms with Gasteiger partial charge in [0.1, 0.15) is 0 Å². The number of hydrogen-bond acceptors (Lipinski definition) is 3. The van der Waals surface area contributed by atoms with E-state index in [1.165, 1.54) is 55.3 Å². The number of benzene rings is 9. The first kappa shape index (κ1) is 36.6. The van der Waals surface area contributed by atoms with Crippen molar-refractivity contribution >= 4 is 21.5 Å². The first-order chi connectivity index (χ1) is 31.2. The van der Waals surface area contributed by atoms with Crippen LogP contribution in [0.25, 0.3) is 88.8 Å². The number of hydrogen-bond donors (Lipinski definition) is 0. The zero-order valence-electron chi connectivity index (χ0n) is 34.4. The van der Waals surface area contributed by atoms with Crippen molar-refractivity contribution < 1.29 is 0 Å². The topological polar surface area (TPSA) is 38.7 Å². The number of nitrogens with zero attached hydrogens (tertiary/aromatic N) is 3. The van der Waals surface area contributed by atoms with Crippen LogP contribution in [0.15, 0.2) is 237 Å². The quantitative estimate of drug-likeness (QED) is 0.161. The summed E-state index contributed by atoms with van der Waals surface area (Å²) in [4.78, 5) is 15.0. The van der Waals surface area contributed by atoms with Crippen LogP contribution in [0.2, 0.25) is 0 Å². The van der Waals surface area contributed by atoms with E-state index in [0.717, 1.165) is 50.0 Å². The van der Waals surface area contributed by atoms with Gasteiger partial charge in [0.05, 0.1) is 16.8 Å². The predicted molar refractivity (Wildman–Crippen MR) is 259 cm³/mol. The molecule has 2 heterocycles. The molecule has 0 saturated heterocycles. The van der Waals surface area contributed by atoms with Crippen LogP contribution in [0.3, 0.4) is 0 Å². The van der Waals surface area contributed by atoms with Crippen molar-refractivity contribution in [3.8, 4) is 67.3 Å². The molecule has 9 aromatic carbocycles. The molecule has 3 heteroatoms. The normalized spacial score (nSPS) is 12.6. The summed E-state index contributed by atoms with van der Waals surface area (Å²) in [5.74, 6) is 0.686. The summed E-state index contributed by atoms with van der Waals surface area (Å²) >= 11 is 0. The number of pyridine rings is 1. The summed E-state index contributed by atoms with van der Waals surface area (Å²) in [7, 11) is 0. The highest BCUT2D eigenvalue weighted by Gasteiger charge is 2.46. The molecule has 294 valence electrons. The molecule has 0 fully saturated rings. The maximum atomic E-state index is 5.33. The van der Waals surface area contributed by atoms with Crippen LogP contribution in [0.4, 0.5) is 0 Å². The first-order valence-corrected chi connectivity index (χ1v) is 21.5. The Balaban J connectivity index is 1.05. The van der Waals surface area contributed by atoms with Gasteiger partial charge in [0.15, 0.2) is 5.82 Å². The molecule has 0 saturated carbocycles. The van der Waals surface area contributed by atoms with Crippen LogP contribution >= 0.6 is 0 Å². The van der Waals surface area contributed by atoms with Gasteiger partial charge in [0, 0.05) is 34.6 Å². The Morgan fingerprint density at radius 2 is 0.921 bits per heavy atom. The molecular formula is C60H39N3. The zero-order chi connectivity index (χ0) is 41.7. The lowest BCUT2D eigenvalue weighted by molar-refractivity contribution is 0.769. The lowest BCUT2D eigenvalue weighted by Crippen LogP contribution is -2.28. The van der Waals surface area contributed by atoms with Crippen molar-refractivity contribution in [3.05, 3.63) is 259 Å². The summed E-state index contributed by atoms with van der Waals surface area (Å²) < 4.78 is 0. The summed E-state index contributed by atoms with van der Waals surface area (Å²) in [5, 5.41) is 4.75. The van der Waals surface area contributed by atoms with E-state index in [1.807, 2.05) is 18.3 Å². The average Bonchev–Trinajstić information content (AvgIpc) is 3.68. The van der Waals surface area contributed by atoms with Gasteiger partial charge in [-0.25, -0.2) is 9.97 Å². The second-order valence-corrected chi connectivity index (χ2v) is 16.3. The maximum Gasteiger partial charge on any atom is 0.161 e. The van der Waals surface area contributed by atoms with Crippen LogP contribution in [0.5, 0.6) is 0 Å². The monoisotopic (exact) mass is 801 g/mol. The number of fused-ring (bicyclic) bond motifs is 6. The molecule has 0 spiro atoms. The number of aromatic nitrogens is 3. The molecule has 0 N–H and O–H groups in total. The second kappa shape index (κ2) is 15.0. The molecule has 63 heavy (non-hydrogen) atoms. The van der Waals surface area contributed by atoms with E-state index in [-0.39, 0.29) is 0 Å². The molecule has 0 radical (unpaired) electrons. The van der Waals surface area contributed by atoms with E-state index in [2.05, 4.69) is 217 Å². The Bertz CT molecular complexity index is 3450. The minimum absolute atomic E-state index is 0.488. The van der Waals surface area contributed by atoms with Crippen LogP contribution < -0.4 is 0 Å². The van der Waals surface area contributed by atoms with Crippen molar-refractivity contribution in [3.63, 3.8) is 0 Å². The van der Waals surface area contributed by atoms with Crippen molar-refractivity contribution in [2.75, 3.05) is 0 Å². The minimum Gasteiger partial charge on any atom is -0.264 e. The molecule has 3 nitrogen and oxygen atoms in total. The van der Waals surface area contributed by atoms with Crippen LogP contribution in [0, 0.1) is 0 Å². The molecule has 0 atom stereocenters. The van der Waals surface area contributed by atoms with Gasteiger partial charge in [-0.3, -0.25) is 4.98 Å². The fourth-order valence-electron chi connectivity index (χ4n) is 10.0. The van der Waals surface area contributed by atoms with E-state index in [4.69, 9.17) is 9.97 Å². The molecule has 0 aliphatic heterocycles.